The Kier molecular flexibility index (Phi) is 4.46. The number of rotatable bonds is 4. The van der Waals surface area contributed by atoms with Crippen LogP contribution in [0.2, 0.25) is 5.28 Å². The number of hydrogen-bond donors (Lipinski definition) is 2. The van der Waals surface area contributed by atoms with E-state index in [1.54, 1.807) is 6.92 Å². The second-order valence-corrected chi connectivity index (χ2v) is 4.52. The van der Waals surface area contributed by atoms with Gasteiger partial charge in [-0.15, -0.1) is 0 Å². The topological polar surface area (TPSA) is 58.0 Å². The Hall–Kier alpha value is -1.79. The van der Waals surface area contributed by atoms with Gasteiger partial charge in [0.1, 0.15) is 17.5 Å². The maximum Gasteiger partial charge on any atom is 0.224 e. The summed E-state index contributed by atoms with van der Waals surface area (Å²) in [4.78, 5) is 7.72. The largest absolute Gasteiger partial charge is 0.394 e. The fourth-order valence-corrected chi connectivity index (χ4v) is 1.92. The average Bonchev–Trinajstić information content (AvgIpc) is 2.41. The standard InChI is InChI=1S/C13H12ClF2N3O/c1-7-5-17-13(14)19-12(7)18-10(6-20)11-8(15)3-2-4-9(11)16/h2-5,10,20H,6H2,1H3,(H,17,18,19). The van der Waals surface area contributed by atoms with E-state index >= 15 is 0 Å². The molecule has 0 saturated carbocycles. The van der Waals surface area contributed by atoms with Crippen LogP contribution >= 0.6 is 11.6 Å². The van der Waals surface area contributed by atoms with Crippen molar-refractivity contribution in [2.75, 3.05) is 11.9 Å². The van der Waals surface area contributed by atoms with Gasteiger partial charge in [0.25, 0.3) is 0 Å². The molecule has 2 rings (SSSR count). The van der Waals surface area contributed by atoms with Crippen LogP contribution in [-0.4, -0.2) is 21.7 Å². The number of aliphatic hydroxyl groups excluding tert-OH is 1. The number of anilines is 1. The molecule has 106 valence electrons. The third-order valence-electron chi connectivity index (χ3n) is 2.78. The summed E-state index contributed by atoms with van der Waals surface area (Å²) in [7, 11) is 0. The highest BCUT2D eigenvalue weighted by atomic mass is 35.5. The first-order chi connectivity index (χ1) is 9.52. The molecule has 0 bridgehead atoms. The zero-order valence-electron chi connectivity index (χ0n) is 10.6. The number of hydrogen-bond acceptors (Lipinski definition) is 4. The van der Waals surface area contributed by atoms with Crippen molar-refractivity contribution < 1.29 is 13.9 Å². The van der Waals surface area contributed by atoms with Crippen LogP contribution in [0.5, 0.6) is 0 Å². The van der Waals surface area contributed by atoms with E-state index in [4.69, 9.17) is 11.6 Å². The van der Waals surface area contributed by atoms with Crippen molar-refractivity contribution in [3.8, 4) is 0 Å². The third kappa shape index (κ3) is 3.02. The van der Waals surface area contributed by atoms with Crippen LogP contribution in [0.15, 0.2) is 24.4 Å². The fraction of sp³-hybridized carbons (Fsp3) is 0.231. The van der Waals surface area contributed by atoms with Crippen LogP contribution in [0.1, 0.15) is 17.2 Å². The molecule has 0 fully saturated rings. The predicted octanol–water partition coefficient (Wildman–Crippen LogP) is 2.86. The molecule has 0 spiro atoms. The lowest BCUT2D eigenvalue weighted by Gasteiger charge is -2.19. The van der Waals surface area contributed by atoms with Crippen LogP contribution in [0.25, 0.3) is 0 Å². The summed E-state index contributed by atoms with van der Waals surface area (Å²) in [6.07, 6.45) is 1.48. The molecule has 1 aromatic heterocycles. The number of halogens is 3. The van der Waals surface area contributed by atoms with E-state index in [9.17, 15) is 13.9 Å². The maximum absolute atomic E-state index is 13.7. The summed E-state index contributed by atoms with van der Waals surface area (Å²) >= 11 is 5.68. The van der Waals surface area contributed by atoms with E-state index in [0.29, 0.717) is 11.4 Å². The Bertz CT molecular complexity index is 604. The minimum atomic E-state index is -0.971. The highest BCUT2D eigenvalue weighted by molar-refractivity contribution is 6.28. The molecular formula is C13H12ClF2N3O. The molecule has 1 aromatic carbocycles. The van der Waals surface area contributed by atoms with Gasteiger partial charge in [0.05, 0.1) is 12.6 Å². The van der Waals surface area contributed by atoms with Crippen molar-refractivity contribution >= 4 is 17.4 Å². The molecule has 1 heterocycles. The Morgan fingerprint density at radius 1 is 1.35 bits per heavy atom. The van der Waals surface area contributed by atoms with E-state index in [1.807, 2.05) is 0 Å². The number of nitrogens with zero attached hydrogens (tertiary/aromatic N) is 2. The van der Waals surface area contributed by atoms with Crippen LogP contribution in [-0.2, 0) is 0 Å². The van der Waals surface area contributed by atoms with Crippen LogP contribution in [0, 0.1) is 18.6 Å². The quantitative estimate of drug-likeness (QED) is 0.852. The van der Waals surface area contributed by atoms with Gasteiger partial charge < -0.3 is 10.4 Å². The molecular weight excluding hydrogens is 288 g/mol. The first-order valence-electron chi connectivity index (χ1n) is 5.83. The van der Waals surface area contributed by atoms with Crippen molar-refractivity contribution in [3.63, 3.8) is 0 Å². The summed E-state index contributed by atoms with van der Waals surface area (Å²) in [6, 6.07) is 2.54. The monoisotopic (exact) mass is 299 g/mol. The zero-order chi connectivity index (χ0) is 14.7. The predicted molar refractivity (Wildman–Crippen MR) is 71.6 cm³/mol. The Morgan fingerprint density at radius 3 is 2.60 bits per heavy atom. The number of aliphatic hydroxyl groups is 1. The van der Waals surface area contributed by atoms with Crippen molar-refractivity contribution in [3.05, 3.63) is 52.4 Å². The minimum Gasteiger partial charge on any atom is -0.394 e. The van der Waals surface area contributed by atoms with E-state index in [-0.39, 0.29) is 10.8 Å². The molecule has 2 N–H and O–H groups in total. The number of nitrogens with one attached hydrogen (secondary N) is 1. The summed E-state index contributed by atoms with van der Waals surface area (Å²) in [5.41, 5.74) is 0.397. The molecule has 0 aliphatic heterocycles. The fourth-order valence-electron chi connectivity index (χ4n) is 1.78. The molecule has 1 unspecified atom stereocenters. The van der Waals surface area contributed by atoms with E-state index in [2.05, 4.69) is 15.3 Å². The number of aryl methyl sites for hydroxylation is 1. The van der Waals surface area contributed by atoms with Gasteiger partial charge >= 0.3 is 0 Å². The lowest BCUT2D eigenvalue weighted by Crippen LogP contribution is -2.19. The highest BCUT2D eigenvalue weighted by Crippen LogP contribution is 2.25. The molecule has 0 saturated heterocycles. The molecule has 0 amide bonds. The Balaban J connectivity index is 2.36. The van der Waals surface area contributed by atoms with Gasteiger partial charge in [-0.1, -0.05) is 6.07 Å². The molecule has 4 nitrogen and oxygen atoms in total. The summed E-state index contributed by atoms with van der Waals surface area (Å²) in [5, 5.41) is 12.2. The molecule has 7 heteroatoms. The van der Waals surface area contributed by atoms with Crippen LogP contribution in [0.3, 0.4) is 0 Å². The molecule has 2 aromatic rings. The first-order valence-corrected chi connectivity index (χ1v) is 6.21. The lowest BCUT2D eigenvalue weighted by atomic mass is 10.1. The van der Waals surface area contributed by atoms with Crippen molar-refractivity contribution in [2.24, 2.45) is 0 Å². The van der Waals surface area contributed by atoms with Gasteiger partial charge in [0, 0.05) is 17.3 Å². The third-order valence-corrected chi connectivity index (χ3v) is 2.97. The lowest BCUT2D eigenvalue weighted by molar-refractivity contribution is 0.270. The van der Waals surface area contributed by atoms with Crippen LogP contribution in [0.4, 0.5) is 14.6 Å². The van der Waals surface area contributed by atoms with Crippen molar-refractivity contribution in [1.29, 1.82) is 0 Å². The van der Waals surface area contributed by atoms with Gasteiger partial charge in [0.15, 0.2) is 0 Å². The zero-order valence-corrected chi connectivity index (χ0v) is 11.3. The van der Waals surface area contributed by atoms with Crippen molar-refractivity contribution in [2.45, 2.75) is 13.0 Å². The smallest absolute Gasteiger partial charge is 0.224 e. The van der Waals surface area contributed by atoms with E-state index < -0.39 is 24.3 Å². The van der Waals surface area contributed by atoms with E-state index in [0.717, 1.165) is 12.1 Å². The number of aromatic nitrogens is 2. The molecule has 1 atom stereocenters. The molecule has 20 heavy (non-hydrogen) atoms. The second-order valence-electron chi connectivity index (χ2n) is 4.19. The maximum atomic E-state index is 13.7. The van der Waals surface area contributed by atoms with Crippen LogP contribution < -0.4 is 5.32 Å². The molecule has 0 aliphatic rings. The summed E-state index contributed by atoms with van der Waals surface area (Å²) < 4.78 is 27.4. The Morgan fingerprint density at radius 2 is 2.00 bits per heavy atom. The normalized spacial score (nSPS) is 12.2. The van der Waals surface area contributed by atoms with Gasteiger partial charge in [-0.25, -0.2) is 18.7 Å². The summed E-state index contributed by atoms with van der Waals surface area (Å²) in [5.74, 6) is -1.17. The van der Waals surface area contributed by atoms with Gasteiger partial charge in [0.2, 0.25) is 5.28 Å². The first kappa shape index (κ1) is 14.6. The van der Waals surface area contributed by atoms with E-state index in [1.165, 1.54) is 12.3 Å². The summed E-state index contributed by atoms with van der Waals surface area (Å²) in [6.45, 7) is 1.21. The molecule has 0 aliphatic carbocycles. The number of benzene rings is 1. The second kappa shape index (κ2) is 6.11. The SMILES string of the molecule is Cc1cnc(Cl)nc1NC(CO)c1c(F)cccc1F. The average molecular weight is 300 g/mol. The molecule has 0 radical (unpaired) electrons. The van der Waals surface area contributed by atoms with Gasteiger partial charge in [-0.05, 0) is 30.7 Å². The Labute approximate surface area is 119 Å². The highest BCUT2D eigenvalue weighted by Gasteiger charge is 2.20. The minimum absolute atomic E-state index is 0.00351. The van der Waals surface area contributed by atoms with Crippen molar-refractivity contribution in [1.82, 2.24) is 9.97 Å². The van der Waals surface area contributed by atoms with Gasteiger partial charge in [-0.3, -0.25) is 0 Å². The van der Waals surface area contributed by atoms with Gasteiger partial charge in [-0.2, -0.15) is 0 Å².